The molecule has 1 N–H and O–H groups in total. The Morgan fingerprint density at radius 1 is 1.20 bits per heavy atom. The van der Waals surface area contributed by atoms with Gasteiger partial charge in [-0.05, 0) is 54.4 Å². The summed E-state index contributed by atoms with van der Waals surface area (Å²) in [5, 5.41) is 15.7. The zero-order valence-electron chi connectivity index (χ0n) is 13.6. The van der Waals surface area contributed by atoms with E-state index in [-0.39, 0.29) is 0 Å². The van der Waals surface area contributed by atoms with E-state index >= 15 is 0 Å². The van der Waals surface area contributed by atoms with Gasteiger partial charge in [-0.1, -0.05) is 12.1 Å². The molecule has 2 aromatic carbocycles. The second-order valence-corrected chi connectivity index (χ2v) is 6.19. The summed E-state index contributed by atoms with van der Waals surface area (Å²) < 4.78 is 5.75. The van der Waals surface area contributed by atoms with E-state index in [0.717, 1.165) is 27.7 Å². The third-order valence-electron chi connectivity index (χ3n) is 3.36. The van der Waals surface area contributed by atoms with E-state index in [9.17, 15) is 0 Å². The lowest BCUT2D eigenvalue weighted by Gasteiger charge is -2.06. The molecule has 3 rings (SSSR count). The van der Waals surface area contributed by atoms with Crippen LogP contribution in [-0.2, 0) is 6.61 Å². The van der Waals surface area contributed by atoms with Gasteiger partial charge in [0, 0.05) is 5.38 Å². The Labute approximate surface area is 150 Å². The molecule has 0 unspecified atom stereocenters. The van der Waals surface area contributed by atoms with Crippen molar-refractivity contribution in [2.24, 2.45) is 5.10 Å². The molecular weight excluding hydrogens is 332 g/mol. The predicted molar refractivity (Wildman–Crippen MR) is 100.0 cm³/mol. The normalized spacial score (nSPS) is 10.6. The number of aromatic nitrogens is 1. The molecule has 0 saturated carbocycles. The standard InChI is InChI=1S/C19H16N4OS/c1-14-13-25-19(22-14)23-21-11-16-6-8-18(9-7-16)24-12-17-4-2-15(10-20)3-5-17/h2-9,11,13H,12H2,1H3,(H,22,23). The zero-order valence-corrected chi connectivity index (χ0v) is 14.5. The number of benzene rings is 2. The van der Waals surface area contributed by atoms with Crippen molar-refractivity contribution in [3.05, 3.63) is 76.3 Å². The molecular formula is C19H16N4OS. The van der Waals surface area contributed by atoms with Crippen LogP contribution in [0.4, 0.5) is 5.13 Å². The molecule has 0 fully saturated rings. The molecule has 3 aromatic rings. The van der Waals surface area contributed by atoms with Crippen LogP contribution in [0.5, 0.6) is 5.75 Å². The van der Waals surface area contributed by atoms with E-state index in [2.05, 4.69) is 21.6 Å². The Hall–Kier alpha value is -3.17. The Morgan fingerprint density at radius 3 is 2.60 bits per heavy atom. The van der Waals surface area contributed by atoms with E-state index in [1.54, 1.807) is 18.3 Å². The second-order valence-electron chi connectivity index (χ2n) is 5.33. The van der Waals surface area contributed by atoms with Crippen LogP contribution >= 0.6 is 11.3 Å². The van der Waals surface area contributed by atoms with Gasteiger partial charge in [-0.2, -0.15) is 10.4 Å². The SMILES string of the molecule is Cc1csc(NN=Cc2ccc(OCc3ccc(C#N)cc3)cc2)n1. The number of hydrazone groups is 1. The largest absolute Gasteiger partial charge is 0.489 e. The van der Waals surface area contributed by atoms with Crippen LogP contribution in [0.2, 0.25) is 0 Å². The molecule has 0 aliphatic carbocycles. The van der Waals surface area contributed by atoms with Crippen molar-refractivity contribution in [2.45, 2.75) is 13.5 Å². The molecule has 124 valence electrons. The maximum Gasteiger partial charge on any atom is 0.203 e. The minimum Gasteiger partial charge on any atom is -0.489 e. The minimum absolute atomic E-state index is 0.462. The van der Waals surface area contributed by atoms with E-state index in [1.807, 2.05) is 48.7 Å². The lowest BCUT2D eigenvalue weighted by Crippen LogP contribution is -1.96. The minimum atomic E-state index is 0.462. The number of aryl methyl sites for hydroxylation is 1. The first kappa shape index (κ1) is 16.7. The summed E-state index contributed by atoms with van der Waals surface area (Å²) in [5.41, 5.74) is 6.52. The maximum absolute atomic E-state index is 8.79. The summed E-state index contributed by atoms with van der Waals surface area (Å²) >= 11 is 1.52. The van der Waals surface area contributed by atoms with Crippen LogP contribution in [0.3, 0.4) is 0 Å². The number of thiazole rings is 1. The smallest absolute Gasteiger partial charge is 0.203 e. The van der Waals surface area contributed by atoms with E-state index in [4.69, 9.17) is 10.00 Å². The second kappa shape index (κ2) is 8.08. The highest BCUT2D eigenvalue weighted by atomic mass is 32.1. The maximum atomic E-state index is 8.79. The van der Waals surface area contributed by atoms with Crippen LogP contribution in [-0.4, -0.2) is 11.2 Å². The van der Waals surface area contributed by atoms with Crippen LogP contribution in [0.25, 0.3) is 0 Å². The molecule has 0 aliphatic heterocycles. The topological polar surface area (TPSA) is 70.3 Å². The fourth-order valence-corrected chi connectivity index (χ4v) is 2.70. The fraction of sp³-hybridized carbons (Fsp3) is 0.105. The Bertz CT molecular complexity index is 892. The number of nitriles is 1. The molecule has 6 heteroatoms. The average molecular weight is 348 g/mol. The molecule has 25 heavy (non-hydrogen) atoms. The van der Waals surface area contributed by atoms with Gasteiger partial charge in [0.1, 0.15) is 12.4 Å². The lowest BCUT2D eigenvalue weighted by molar-refractivity contribution is 0.306. The van der Waals surface area contributed by atoms with Crippen molar-refractivity contribution in [1.82, 2.24) is 4.98 Å². The molecule has 0 spiro atoms. The van der Waals surface area contributed by atoms with Gasteiger partial charge < -0.3 is 4.74 Å². The Kier molecular flexibility index (Phi) is 5.39. The number of anilines is 1. The van der Waals surface area contributed by atoms with E-state index in [0.29, 0.717) is 12.2 Å². The quantitative estimate of drug-likeness (QED) is 0.531. The van der Waals surface area contributed by atoms with Crippen molar-refractivity contribution in [3.8, 4) is 11.8 Å². The molecule has 0 saturated heterocycles. The highest BCUT2D eigenvalue weighted by Gasteiger charge is 1.98. The molecule has 0 atom stereocenters. The Balaban J connectivity index is 1.52. The fourth-order valence-electron chi connectivity index (χ4n) is 2.06. The molecule has 1 heterocycles. The van der Waals surface area contributed by atoms with E-state index in [1.165, 1.54) is 11.3 Å². The highest BCUT2D eigenvalue weighted by Crippen LogP contribution is 2.15. The van der Waals surface area contributed by atoms with Gasteiger partial charge in [0.25, 0.3) is 0 Å². The highest BCUT2D eigenvalue weighted by molar-refractivity contribution is 7.13. The first-order chi connectivity index (χ1) is 12.2. The van der Waals surface area contributed by atoms with Gasteiger partial charge in [-0.3, -0.25) is 5.43 Å². The monoisotopic (exact) mass is 348 g/mol. The van der Waals surface area contributed by atoms with Gasteiger partial charge in [0.05, 0.1) is 23.5 Å². The first-order valence-electron chi connectivity index (χ1n) is 7.66. The van der Waals surface area contributed by atoms with Crippen LogP contribution in [0.1, 0.15) is 22.4 Å². The van der Waals surface area contributed by atoms with Gasteiger partial charge in [0.15, 0.2) is 0 Å². The zero-order chi connectivity index (χ0) is 17.5. The third kappa shape index (κ3) is 4.90. The molecule has 0 bridgehead atoms. The van der Waals surface area contributed by atoms with Gasteiger partial charge in [-0.25, -0.2) is 4.98 Å². The summed E-state index contributed by atoms with van der Waals surface area (Å²) in [5.74, 6) is 0.782. The first-order valence-corrected chi connectivity index (χ1v) is 8.54. The average Bonchev–Trinajstić information content (AvgIpc) is 3.07. The van der Waals surface area contributed by atoms with Crippen molar-refractivity contribution in [1.29, 1.82) is 5.26 Å². The predicted octanol–water partition coefficient (Wildman–Crippen LogP) is 4.35. The number of ether oxygens (including phenoxy) is 1. The third-order valence-corrected chi connectivity index (χ3v) is 4.23. The molecule has 1 aromatic heterocycles. The van der Waals surface area contributed by atoms with Crippen molar-refractivity contribution in [3.63, 3.8) is 0 Å². The van der Waals surface area contributed by atoms with Crippen molar-refractivity contribution in [2.75, 3.05) is 5.43 Å². The number of nitrogens with zero attached hydrogens (tertiary/aromatic N) is 3. The summed E-state index contributed by atoms with van der Waals surface area (Å²) in [7, 11) is 0. The summed E-state index contributed by atoms with van der Waals surface area (Å²) in [6.07, 6.45) is 1.74. The number of rotatable bonds is 6. The summed E-state index contributed by atoms with van der Waals surface area (Å²) in [6.45, 7) is 2.41. The van der Waals surface area contributed by atoms with Crippen molar-refractivity contribution >= 4 is 22.7 Å². The van der Waals surface area contributed by atoms with Crippen LogP contribution in [0, 0.1) is 18.3 Å². The summed E-state index contributed by atoms with van der Waals surface area (Å²) in [6, 6.07) is 17.1. The molecule has 0 aliphatic rings. The van der Waals surface area contributed by atoms with Gasteiger partial charge in [-0.15, -0.1) is 11.3 Å². The number of nitrogens with one attached hydrogen (secondary N) is 1. The Morgan fingerprint density at radius 2 is 1.96 bits per heavy atom. The van der Waals surface area contributed by atoms with E-state index < -0.39 is 0 Å². The van der Waals surface area contributed by atoms with Crippen LogP contribution in [0.15, 0.2) is 59.0 Å². The molecule has 5 nitrogen and oxygen atoms in total. The number of hydrogen-bond acceptors (Lipinski definition) is 6. The van der Waals surface area contributed by atoms with Gasteiger partial charge >= 0.3 is 0 Å². The number of hydrogen-bond donors (Lipinski definition) is 1. The van der Waals surface area contributed by atoms with Gasteiger partial charge in [0.2, 0.25) is 5.13 Å². The van der Waals surface area contributed by atoms with Crippen molar-refractivity contribution < 1.29 is 4.74 Å². The molecule has 0 amide bonds. The van der Waals surface area contributed by atoms with Crippen LogP contribution < -0.4 is 10.2 Å². The molecule has 0 radical (unpaired) electrons. The lowest BCUT2D eigenvalue weighted by atomic mass is 10.1. The summed E-state index contributed by atoms with van der Waals surface area (Å²) in [4.78, 5) is 4.28.